The van der Waals surface area contributed by atoms with Crippen LogP contribution in [0, 0.1) is 16.2 Å². The van der Waals surface area contributed by atoms with Crippen molar-refractivity contribution >= 4 is 17.4 Å². The molecule has 23 heavy (non-hydrogen) atoms. The Balaban J connectivity index is 1.82. The molecule has 1 amide bonds. The van der Waals surface area contributed by atoms with Gasteiger partial charge in [0.25, 0.3) is 0 Å². The second-order valence-electron chi connectivity index (χ2n) is 7.55. The highest BCUT2D eigenvalue weighted by molar-refractivity contribution is 6.04. The number of hydrogen-bond acceptors (Lipinski definition) is 3. The van der Waals surface area contributed by atoms with Gasteiger partial charge in [0, 0.05) is 17.5 Å². The first kappa shape index (κ1) is 16.0. The van der Waals surface area contributed by atoms with Crippen LogP contribution in [0.15, 0.2) is 24.3 Å². The third kappa shape index (κ3) is 2.03. The molecule has 124 valence electrons. The number of amides is 1. The van der Waals surface area contributed by atoms with Crippen LogP contribution in [0.4, 0.5) is 5.69 Å². The number of carbonyl (C=O) groups excluding carboxylic acids is 2. The standard InChI is InChI=1S/C19H25NO3/c1-5-23-14-8-6-13(7-9-14)20-16(22)19-11-10-18(4,15(21)12-19)17(19,2)3/h6-9H,5,10-12H2,1-4H3,(H,20,22)/t18-,19+/m1/s1. The van der Waals surface area contributed by atoms with E-state index in [-0.39, 0.29) is 22.5 Å². The lowest BCUT2D eigenvalue weighted by molar-refractivity contribution is -0.131. The molecule has 2 bridgehead atoms. The van der Waals surface area contributed by atoms with E-state index >= 15 is 0 Å². The van der Waals surface area contributed by atoms with Gasteiger partial charge in [-0.2, -0.15) is 0 Å². The summed E-state index contributed by atoms with van der Waals surface area (Å²) in [5.41, 5.74) is -0.524. The summed E-state index contributed by atoms with van der Waals surface area (Å²) >= 11 is 0. The Hall–Kier alpha value is -1.84. The van der Waals surface area contributed by atoms with Gasteiger partial charge in [0.1, 0.15) is 11.5 Å². The Labute approximate surface area is 137 Å². The molecule has 1 aromatic carbocycles. The number of Topliss-reactive ketones (excluding diaryl/α,β-unsaturated/α-hetero) is 1. The molecule has 0 heterocycles. The van der Waals surface area contributed by atoms with Crippen molar-refractivity contribution in [3.63, 3.8) is 0 Å². The van der Waals surface area contributed by atoms with E-state index < -0.39 is 5.41 Å². The number of ether oxygens (including phenoxy) is 1. The van der Waals surface area contributed by atoms with Gasteiger partial charge in [-0.05, 0) is 49.4 Å². The molecular formula is C19H25NO3. The molecule has 0 aliphatic heterocycles. The Morgan fingerprint density at radius 3 is 2.30 bits per heavy atom. The van der Waals surface area contributed by atoms with Crippen molar-refractivity contribution in [1.82, 2.24) is 0 Å². The quantitative estimate of drug-likeness (QED) is 0.919. The van der Waals surface area contributed by atoms with E-state index in [0.29, 0.717) is 13.0 Å². The van der Waals surface area contributed by atoms with Gasteiger partial charge in [-0.15, -0.1) is 0 Å². The summed E-state index contributed by atoms with van der Waals surface area (Å²) in [6.07, 6.45) is 1.94. The lowest BCUT2D eigenvalue weighted by Crippen LogP contribution is -2.43. The highest BCUT2D eigenvalue weighted by Gasteiger charge is 2.72. The normalized spacial score (nSPS) is 31.2. The molecule has 0 radical (unpaired) electrons. The third-order valence-corrected chi connectivity index (χ3v) is 6.56. The van der Waals surface area contributed by atoms with Crippen molar-refractivity contribution in [3.8, 4) is 5.75 Å². The van der Waals surface area contributed by atoms with Crippen LogP contribution in [0.3, 0.4) is 0 Å². The smallest absolute Gasteiger partial charge is 0.231 e. The van der Waals surface area contributed by atoms with Crippen LogP contribution in [0.2, 0.25) is 0 Å². The van der Waals surface area contributed by atoms with E-state index in [9.17, 15) is 9.59 Å². The van der Waals surface area contributed by atoms with Gasteiger partial charge in [-0.1, -0.05) is 20.8 Å². The maximum absolute atomic E-state index is 13.0. The van der Waals surface area contributed by atoms with Gasteiger partial charge in [-0.3, -0.25) is 9.59 Å². The zero-order valence-corrected chi connectivity index (χ0v) is 14.4. The summed E-state index contributed by atoms with van der Waals surface area (Å²) in [7, 11) is 0. The first-order valence-corrected chi connectivity index (χ1v) is 8.34. The number of anilines is 1. The highest BCUT2D eigenvalue weighted by atomic mass is 16.5. The maximum atomic E-state index is 13.0. The first-order chi connectivity index (χ1) is 10.8. The van der Waals surface area contributed by atoms with Crippen LogP contribution >= 0.6 is 0 Å². The molecule has 2 aliphatic rings. The predicted octanol–water partition coefficient (Wildman–Crippen LogP) is 3.81. The summed E-state index contributed by atoms with van der Waals surface area (Å²) < 4.78 is 5.42. The Kier molecular flexibility index (Phi) is 3.54. The zero-order valence-electron chi connectivity index (χ0n) is 14.4. The summed E-state index contributed by atoms with van der Waals surface area (Å²) in [5, 5.41) is 3.02. The first-order valence-electron chi connectivity index (χ1n) is 8.34. The fourth-order valence-corrected chi connectivity index (χ4v) is 4.41. The Morgan fingerprint density at radius 1 is 1.17 bits per heavy atom. The fraction of sp³-hybridized carbons (Fsp3) is 0.579. The Morgan fingerprint density at radius 2 is 1.83 bits per heavy atom. The van der Waals surface area contributed by atoms with Crippen molar-refractivity contribution in [2.45, 2.75) is 47.0 Å². The van der Waals surface area contributed by atoms with Crippen molar-refractivity contribution in [2.24, 2.45) is 16.2 Å². The van der Waals surface area contributed by atoms with Gasteiger partial charge >= 0.3 is 0 Å². The predicted molar refractivity (Wildman–Crippen MR) is 89.4 cm³/mol. The third-order valence-electron chi connectivity index (χ3n) is 6.56. The van der Waals surface area contributed by atoms with Crippen LogP contribution < -0.4 is 10.1 Å². The molecule has 0 spiro atoms. The number of nitrogens with one attached hydrogen (secondary N) is 1. The van der Waals surface area contributed by atoms with Gasteiger partial charge in [-0.25, -0.2) is 0 Å². The van der Waals surface area contributed by atoms with Crippen LogP contribution in [-0.4, -0.2) is 18.3 Å². The number of ketones is 1. The number of hydrogen-bond donors (Lipinski definition) is 1. The molecule has 2 atom stereocenters. The summed E-state index contributed by atoms with van der Waals surface area (Å²) in [4.78, 5) is 25.5. The lowest BCUT2D eigenvalue weighted by Gasteiger charge is -2.38. The van der Waals surface area contributed by atoms with Crippen LogP contribution in [-0.2, 0) is 9.59 Å². The molecule has 1 aromatic rings. The maximum Gasteiger partial charge on any atom is 0.231 e. The second kappa shape index (κ2) is 5.08. The highest BCUT2D eigenvalue weighted by Crippen LogP contribution is 2.70. The molecule has 2 aliphatic carbocycles. The van der Waals surface area contributed by atoms with Gasteiger partial charge < -0.3 is 10.1 Å². The van der Waals surface area contributed by atoms with E-state index in [1.54, 1.807) is 0 Å². The summed E-state index contributed by atoms with van der Waals surface area (Å²) in [6, 6.07) is 7.38. The van der Waals surface area contributed by atoms with E-state index in [0.717, 1.165) is 24.3 Å². The summed E-state index contributed by atoms with van der Waals surface area (Å²) in [6.45, 7) is 8.72. The van der Waals surface area contributed by atoms with Crippen molar-refractivity contribution < 1.29 is 14.3 Å². The number of benzene rings is 1. The van der Waals surface area contributed by atoms with Crippen LogP contribution in [0.1, 0.15) is 47.0 Å². The van der Waals surface area contributed by atoms with E-state index in [1.807, 2.05) is 38.1 Å². The number of carbonyl (C=O) groups is 2. The molecule has 3 rings (SSSR count). The second-order valence-corrected chi connectivity index (χ2v) is 7.55. The van der Waals surface area contributed by atoms with E-state index in [1.165, 1.54) is 0 Å². The zero-order chi connectivity index (χ0) is 16.9. The van der Waals surface area contributed by atoms with Gasteiger partial charge in [0.05, 0.1) is 12.0 Å². The topological polar surface area (TPSA) is 55.4 Å². The molecule has 0 aromatic heterocycles. The SMILES string of the molecule is CCOc1ccc(NC(=O)[C@]23CC[C@](C)(C(=O)C2)C3(C)C)cc1. The van der Waals surface area contributed by atoms with Gasteiger partial charge in [0.15, 0.2) is 0 Å². The molecule has 0 saturated heterocycles. The molecular weight excluding hydrogens is 290 g/mol. The minimum absolute atomic E-state index is 0.0266. The van der Waals surface area contributed by atoms with E-state index in [4.69, 9.17) is 4.74 Å². The van der Waals surface area contributed by atoms with Crippen molar-refractivity contribution in [2.75, 3.05) is 11.9 Å². The number of fused-ring (bicyclic) bond motifs is 2. The average Bonchev–Trinajstić information content (AvgIpc) is 2.80. The van der Waals surface area contributed by atoms with E-state index in [2.05, 4.69) is 19.2 Å². The van der Waals surface area contributed by atoms with Crippen molar-refractivity contribution in [1.29, 1.82) is 0 Å². The van der Waals surface area contributed by atoms with Crippen LogP contribution in [0.5, 0.6) is 5.75 Å². The van der Waals surface area contributed by atoms with Crippen LogP contribution in [0.25, 0.3) is 0 Å². The van der Waals surface area contributed by atoms with Gasteiger partial charge in [0.2, 0.25) is 5.91 Å². The van der Waals surface area contributed by atoms with Crippen molar-refractivity contribution in [3.05, 3.63) is 24.3 Å². The minimum atomic E-state index is -0.586. The molecule has 0 unspecified atom stereocenters. The molecule has 4 heteroatoms. The largest absolute Gasteiger partial charge is 0.494 e. The molecule has 2 fully saturated rings. The molecule has 4 nitrogen and oxygen atoms in total. The summed E-state index contributed by atoms with van der Waals surface area (Å²) in [5.74, 6) is 0.991. The fourth-order valence-electron chi connectivity index (χ4n) is 4.41. The Bertz CT molecular complexity index is 649. The molecule has 2 saturated carbocycles. The number of rotatable bonds is 4. The average molecular weight is 315 g/mol. The molecule has 1 N–H and O–H groups in total. The monoisotopic (exact) mass is 315 g/mol. The minimum Gasteiger partial charge on any atom is -0.494 e. The lowest BCUT2D eigenvalue weighted by atomic mass is 9.64.